The van der Waals surface area contributed by atoms with Gasteiger partial charge in [0.2, 0.25) is 5.91 Å². The number of nitrogens with zero attached hydrogens (tertiary/aromatic N) is 2. The zero-order valence-corrected chi connectivity index (χ0v) is 17.2. The molecule has 0 aliphatic heterocycles. The maximum Gasteiger partial charge on any atom is 0.254 e. The molecule has 8 nitrogen and oxygen atoms in total. The number of aromatic amines is 1. The van der Waals surface area contributed by atoms with Crippen molar-refractivity contribution in [3.05, 3.63) is 90.1 Å². The fraction of sp³-hybridized carbons (Fsp3) is 0.0833. The van der Waals surface area contributed by atoms with Crippen LogP contribution in [0.15, 0.2) is 79.0 Å². The third-order valence-electron chi connectivity index (χ3n) is 4.86. The lowest BCUT2D eigenvalue weighted by Crippen LogP contribution is -2.14. The number of hydrogen-bond donors (Lipinski definition) is 4. The molecule has 0 atom stereocenters. The number of amides is 2. The molecule has 0 aliphatic carbocycles. The Balaban J connectivity index is 1.45. The van der Waals surface area contributed by atoms with Gasteiger partial charge in [-0.25, -0.2) is 4.98 Å². The van der Waals surface area contributed by atoms with E-state index in [-0.39, 0.29) is 11.5 Å². The van der Waals surface area contributed by atoms with Gasteiger partial charge in [0, 0.05) is 23.9 Å². The fourth-order valence-electron chi connectivity index (χ4n) is 3.28. The maximum absolute atomic E-state index is 12.3. The molecule has 0 saturated carbocycles. The molecule has 160 valence electrons. The Morgan fingerprint density at radius 2 is 1.69 bits per heavy atom. The average molecular weight is 426 g/mol. The summed E-state index contributed by atoms with van der Waals surface area (Å²) < 4.78 is 0. The van der Waals surface area contributed by atoms with E-state index in [1.165, 1.54) is 0 Å². The third-order valence-corrected chi connectivity index (χ3v) is 4.86. The molecule has 8 heteroatoms. The Kier molecular flexibility index (Phi) is 6.22. The van der Waals surface area contributed by atoms with E-state index >= 15 is 0 Å². The molecule has 0 aliphatic rings. The number of carbonyl (C=O) groups excluding carboxylic acids is 2. The summed E-state index contributed by atoms with van der Waals surface area (Å²) in [5.41, 5.74) is 8.72. The van der Waals surface area contributed by atoms with Gasteiger partial charge < -0.3 is 16.4 Å². The first-order valence-corrected chi connectivity index (χ1v) is 10.1. The molecule has 2 aromatic heterocycles. The summed E-state index contributed by atoms with van der Waals surface area (Å²) in [7, 11) is 0. The van der Waals surface area contributed by atoms with Crippen LogP contribution in [0.25, 0.3) is 11.3 Å². The van der Waals surface area contributed by atoms with Crippen molar-refractivity contribution in [2.45, 2.75) is 12.8 Å². The number of carbonyl (C=O) groups is 2. The number of anilines is 3. The summed E-state index contributed by atoms with van der Waals surface area (Å²) in [6.45, 7) is 0. The summed E-state index contributed by atoms with van der Waals surface area (Å²) in [6.07, 6.45) is 2.70. The van der Waals surface area contributed by atoms with E-state index in [2.05, 4.69) is 25.8 Å². The molecule has 0 saturated heterocycles. The van der Waals surface area contributed by atoms with Crippen LogP contribution >= 0.6 is 0 Å². The molecule has 2 amide bonds. The minimum Gasteiger partial charge on any atom is -0.365 e. The van der Waals surface area contributed by atoms with Gasteiger partial charge in [0.25, 0.3) is 5.91 Å². The molecule has 5 N–H and O–H groups in total. The van der Waals surface area contributed by atoms with Crippen LogP contribution in [0.2, 0.25) is 0 Å². The summed E-state index contributed by atoms with van der Waals surface area (Å²) in [5.74, 6) is 0.231. The summed E-state index contributed by atoms with van der Waals surface area (Å²) in [4.78, 5) is 28.5. The van der Waals surface area contributed by atoms with Crippen molar-refractivity contribution in [3.8, 4) is 11.3 Å². The topological polar surface area (TPSA) is 126 Å². The number of rotatable bonds is 8. The van der Waals surface area contributed by atoms with Gasteiger partial charge in [-0.15, -0.1) is 0 Å². The van der Waals surface area contributed by atoms with Gasteiger partial charge in [-0.3, -0.25) is 14.7 Å². The number of hydrogen-bond acceptors (Lipinski definition) is 5. The predicted octanol–water partition coefficient (Wildman–Crippen LogP) is 3.89. The monoisotopic (exact) mass is 426 g/mol. The van der Waals surface area contributed by atoms with Gasteiger partial charge >= 0.3 is 0 Å². The Morgan fingerprint density at radius 3 is 2.38 bits per heavy atom. The molecule has 2 heterocycles. The number of aryl methyl sites for hydroxylation is 1. The number of primary amides is 1. The van der Waals surface area contributed by atoms with Crippen molar-refractivity contribution in [1.82, 2.24) is 15.2 Å². The average Bonchev–Trinajstić information content (AvgIpc) is 3.23. The number of nitrogens with one attached hydrogen (secondary N) is 3. The maximum atomic E-state index is 12.3. The first-order valence-electron chi connectivity index (χ1n) is 10.1. The Labute approximate surface area is 184 Å². The van der Waals surface area contributed by atoms with E-state index in [9.17, 15) is 9.59 Å². The summed E-state index contributed by atoms with van der Waals surface area (Å²) >= 11 is 0. The van der Waals surface area contributed by atoms with E-state index in [4.69, 9.17) is 5.73 Å². The van der Waals surface area contributed by atoms with Crippen LogP contribution in [-0.4, -0.2) is 27.0 Å². The van der Waals surface area contributed by atoms with Gasteiger partial charge in [-0.05, 0) is 36.2 Å². The molecule has 2 aromatic carbocycles. The minimum atomic E-state index is -0.620. The molecule has 0 unspecified atom stereocenters. The van der Waals surface area contributed by atoms with Gasteiger partial charge in [0.1, 0.15) is 22.9 Å². The largest absolute Gasteiger partial charge is 0.365 e. The molecule has 32 heavy (non-hydrogen) atoms. The second kappa shape index (κ2) is 9.57. The van der Waals surface area contributed by atoms with Crippen molar-refractivity contribution in [2.24, 2.45) is 5.73 Å². The van der Waals surface area contributed by atoms with Crippen LogP contribution in [0.4, 0.5) is 17.3 Å². The summed E-state index contributed by atoms with van der Waals surface area (Å²) in [6, 6.07) is 22.3. The lowest BCUT2D eigenvalue weighted by Gasteiger charge is -2.07. The molecule has 4 aromatic rings. The van der Waals surface area contributed by atoms with Crippen LogP contribution in [0.1, 0.15) is 22.3 Å². The number of H-pyrrole nitrogens is 1. The van der Waals surface area contributed by atoms with E-state index in [1.807, 2.05) is 36.4 Å². The van der Waals surface area contributed by atoms with Crippen molar-refractivity contribution < 1.29 is 9.59 Å². The molecule has 0 fully saturated rings. The highest BCUT2D eigenvalue weighted by molar-refractivity contribution is 6.04. The number of nitrogens with two attached hydrogens (primary N) is 1. The Bertz CT molecular complexity index is 1200. The van der Waals surface area contributed by atoms with Gasteiger partial charge in [0.05, 0.1) is 0 Å². The molecular weight excluding hydrogens is 404 g/mol. The molecule has 0 spiro atoms. The Morgan fingerprint density at radius 1 is 0.938 bits per heavy atom. The lowest BCUT2D eigenvalue weighted by atomic mass is 10.1. The van der Waals surface area contributed by atoms with Crippen LogP contribution < -0.4 is 16.4 Å². The highest BCUT2D eigenvalue weighted by Gasteiger charge is 2.20. The van der Waals surface area contributed by atoms with Gasteiger partial charge in [-0.1, -0.05) is 48.5 Å². The van der Waals surface area contributed by atoms with Crippen LogP contribution in [0.3, 0.4) is 0 Å². The molecule has 0 bridgehead atoms. The lowest BCUT2D eigenvalue weighted by molar-refractivity contribution is -0.116. The van der Waals surface area contributed by atoms with E-state index in [0.717, 1.165) is 5.56 Å². The van der Waals surface area contributed by atoms with E-state index < -0.39 is 5.91 Å². The van der Waals surface area contributed by atoms with E-state index in [0.29, 0.717) is 41.4 Å². The molecule has 4 rings (SSSR count). The zero-order chi connectivity index (χ0) is 22.3. The number of benzene rings is 2. The zero-order valence-electron chi connectivity index (χ0n) is 17.2. The smallest absolute Gasteiger partial charge is 0.254 e. The van der Waals surface area contributed by atoms with Crippen LogP contribution in [0.5, 0.6) is 0 Å². The molecule has 0 radical (unpaired) electrons. The van der Waals surface area contributed by atoms with Crippen LogP contribution in [-0.2, 0) is 11.2 Å². The fourth-order valence-corrected chi connectivity index (χ4v) is 3.28. The Hall–Kier alpha value is -4.46. The van der Waals surface area contributed by atoms with E-state index in [1.54, 1.807) is 42.6 Å². The predicted molar refractivity (Wildman–Crippen MR) is 123 cm³/mol. The highest BCUT2D eigenvalue weighted by Crippen LogP contribution is 2.29. The summed E-state index contributed by atoms with van der Waals surface area (Å²) in [5, 5.41) is 13.0. The van der Waals surface area contributed by atoms with Crippen molar-refractivity contribution >= 4 is 29.1 Å². The van der Waals surface area contributed by atoms with Crippen molar-refractivity contribution in [3.63, 3.8) is 0 Å². The standard InChI is InChI=1S/C24H22N6O2/c25-23(32)21-22(29-30-24(21)28-19-8-4-5-15-26-19)17-10-12-18(13-11-17)27-20(31)14-9-16-6-2-1-3-7-16/h1-8,10-13,15H,9,14H2,(H2,25,32)(H,27,31)(H2,26,28,29,30). The van der Waals surface area contributed by atoms with Crippen LogP contribution in [0, 0.1) is 0 Å². The number of pyridine rings is 1. The third kappa shape index (κ3) is 4.99. The van der Waals surface area contributed by atoms with Crippen molar-refractivity contribution in [2.75, 3.05) is 10.6 Å². The molecular formula is C24H22N6O2. The minimum absolute atomic E-state index is 0.0685. The quantitative estimate of drug-likeness (QED) is 0.340. The first kappa shape index (κ1) is 20.8. The van der Waals surface area contributed by atoms with Crippen molar-refractivity contribution in [1.29, 1.82) is 0 Å². The SMILES string of the molecule is NC(=O)c1c(-c2ccc(NC(=O)CCc3ccccc3)cc2)n[nH]c1Nc1ccccn1. The first-order chi connectivity index (χ1) is 15.6. The normalized spacial score (nSPS) is 10.5. The van der Waals surface area contributed by atoms with Gasteiger partial charge in [0.15, 0.2) is 0 Å². The second-order valence-electron chi connectivity index (χ2n) is 7.14. The van der Waals surface area contributed by atoms with Gasteiger partial charge in [-0.2, -0.15) is 5.10 Å². The second-order valence-corrected chi connectivity index (χ2v) is 7.14. The highest BCUT2D eigenvalue weighted by atomic mass is 16.2. The number of aromatic nitrogens is 3.